The molecule has 0 amide bonds. The molecule has 1 aromatic heterocycles. The van der Waals surface area contributed by atoms with E-state index >= 15 is 0 Å². The SMILES string of the molecule is CC(C)(C)c1ccc(N2CCC(=NO)CC2)nc1. The fourth-order valence-corrected chi connectivity index (χ4v) is 2.11. The first-order valence-electron chi connectivity index (χ1n) is 6.42. The van der Waals surface area contributed by atoms with Crippen LogP contribution < -0.4 is 4.90 Å². The van der Waals surface area contributed by atoms with Crippen LogP contribution in [0.2, 0.25) is 0 Å². The van der Waals surface area contributed by atoms with Crippen molar-refractivity contribution in [2.45, 2.75) is 39.0 Å². The molecule has 0 aliphatic carbocycles. The molecule has 1 saturated heterocycles. The second-order valence-electron chi connectivity index (χ2n) is 5.81. The highest BCUT2D eigenvalue weighted by atomic mass is 16.4. The summed E-state index contributed by atoms with van der Waals surface area (Å²) >= 11 is 0. The Hall–Kier alpha value is -1.58. The first kappa shape index (κ1) is 12.9. The quantitative estimate of drug-likeness (QED) is 0.613. The average molecular weight is 247 g/mol. The van der Waals surface area contributed by atoms with Crippen LogP contribution in [-0.4, -0.2) is 29.0 Å². The van der Waals surface area contributed by atoms with Crippen LogP contribution in [0.4, 0.5) is 5.82 Å². The van der Waals surface area contributed by atoms with Gasteiger partial charge in [0.15, 0.2) is 0 Å². The van der Waals surface area contributed by atoms with Gasteiger partial charge in [-0.15, -0.1) is 0 Å². The summed E-state index contributed by atoms with van der Waals surface area (Å²) in [6.45, 7) is 8.32. The van der Waals surface area contributed by atoms with Crippen LogP contribution in [0.25, 0.3) is 0 Å². The summed E-state index contributed by atoms with van der Waals surface area (Å²) in [4.78, 5) is 6.78. The summed E-state index contributed by atoms with van der Waals surface area (Å²) in [6.07, 6.45) is 3.60. The smallest absolute Gasteiger partial charge is 0.128 e. The molecular formula is C14H21N3O. The van der Waals surface area contributed by atoms with Crippen LogP contribution in [0.3, 0.4) is 0 Å². The molecule has 18 heavy (non-hydrogen) atoms. The molecule has 0 bridgehead atoms. The van der Waals surface area contributed by atoms with Crippen molar-refractivity contribution < 1.29 is 5.21 Å². The maximum absolute atomic E-state index is 8.73. The molecule has 1 aliphatic heterocycles. The Morgan fingerprint density at radius 2 is 1.89 bits per heavy atom. The molecule has 1 N–H and O–H groups in total. The van der Waals surface area contributed by atoms with Gasteiger partial charge < -0.3 is 10.1 Å². The van der Waals surface area contributed by atoms with E-state index in [9.17, 15) is 0 Å². The molecule has 0 unspecified atom stereocenters. The van der Waals surface area contributed by atoms with E-state index in [0.29, 0.717) is 0 Å². The Labute approximate surface area is 108 Å². The zero-order chi connectivity index (χ0) is 13.2. The van der Waals surface area contributed by atoms with E-state index in [-0.39, 0.29) is 5.41 Å². The van der Waals surface area contributed by atoms with Gasteiger partial charge in [-0.1, -0.05) is 32.0 Å². The number of hydrogen-bond acceptors (Lipinski definition) is 4. The number of anilines is 1. The summed E-state index contributed by atoms with van der Waals surface area (Å²) in [5.41, 5.74) is 2.28. The number of piperidine rings is 1. The Bertz CT molecular complexity index is 421. The lowest BCUT2D eigenvalue weighted by molar-refractivity contribution is 0.315. The molecule has 4 nitrogen and oxygen atoms in total. The van der Waals surface area contributed by atoms with Crippen LogP contribution in [0.15, 0.2) is 23.5 Å². The van der Waals surface area contributed by atoms with E-state index in [0.717, 1.165) is 37.5 Å². The van der Waals surface area contributed by atoms with Crippen molar-refractivity contribution in [3.05, 3.63) is 23.9 Å². The number of pyridine rings is 1. The third-order valence-corrected chi connectivity index (χ3v) is 3.42. The van der Waals surface area contributed by atoms with Gasteiger partial charge in [0.2, 0.25) is 0 Å². The summed E-state index contributed by atoms with van der Waals surface area (Å²) in [6, 6.07) is 4.24. The lowest BCUT2D eigenvalue weighted by atomic mass is 9.88. The fourth-order valence-electron chi connectivity index (χ4n) is 2.11. The van der Waals surface area contributed by atoms with Gasteiger partial charge in [-0.05, 0) is 17.0 Å². The van der Waals surface area contributed by atoms with E-state index in [1.54, 1.807) is 0 Å². The molecule has 98 valence electrons. The van der Waals surface area contributed by atoms with Gasteiger partial charge >= 0.3 is 0 Å². The third-order valence-electron chi connectivity index (χ3n) is 3.42. The topological polar surface area (TPSA) is 48.7 Å². The monoisotopic (exact) mass is 247 g/mol. The number of aromatic nitrogens is 1. The Balaban J connectivity index is 2.07. The molecule has 0 atom stereocenters. The number of rotatable bonds is 1. The molecule has 0 saturated carbocycles. The second-order valence-corrected chi connectivity index (χ2v) is 5.81. The lowest BCUT2D eigenvalue weighted by Crippen LogP contribution is -2.34. The summed E-state index contributed by atoms with van der Waals surface area (Å²) < 4.78 is 0. The van der Waals surface area contributed by atoms with E-state index in [2.05, 4.69) is 47.9 Å². The zero-order valence-corrected chi connectivity index (χ0v) is 11.3. The average Bonchev–Trinajstić information content (AvgIpc) is 2.38. The van der Waals surface area contributed by atoms with Gasteiger partial charge in [0.05, 0.1) is 5.71 Å². The summed E-state index contributed by atoms with van der Waals surface area (Å²) in [7, 11) is 0. The Morgan fingerprint density at radius 1 is 1.22 bits per heavy atom. The maximum Gasteiger partial charge on any atom is 0.128 e. The number of oxime groups is 1. The largest absolute Gasteiger partial charge is 0.411 e. The first-order chi connectivity index (χ1) is 8.50. The van der Waals surface area contributed by atoms with Gasteiger partial charge in [0.1, 0.15) is 5.82 Å². The van der Waals surface area contributed by atoms with Crippen LogP contribution in [-0.2, 0) is 5.41 Å². The van der Waals surface area contributed by atoms with Crippen molar-refractivity contribution in [3.8, 4) is 0 Å². The van der Waals surface area contributed by atoms with Crippen molar-refractivity contribution in [2.75, 3.05) is 18.0 Å². The molecule has 4 heteroatoms. The van der Waals surface area contributed by atoms with Gasteiger partial charge in [-0.3, -0.25) is 0 Å². The Morgan fingerprint density at radius 3 is 2.33 bits per heavy atom. The van der Waals surface area contributed by atoms with Gasteiger partial charge in [0, 0.05) is 32.1 Å². The molecule has 0 spiro atoms. The van der Waals surface area contributed by atoms with E-state index in [4.69, 9.17) is 5.21 Å². The highest BCUT2D eigenvalue weighted by Crippen LogP contribution is 2.23. The molecule has 1 aromatic rings. The standard InChI is InChI=1S/C14H21N3O/c1-14(2,3)11-4-5-13(15-10-11)17-8-6-12(16-18)7-9-17/h4-5,10,18H,6-9H2,1-3H3. The van der Waals surface area contributed by atoms with E-state index < -0.39 is 0 Å². The van der Waals surface area contributed by atoms with Crippen molar-refractivity contribution in [1.29, 1.82) is 0 Å². The fraction of sp³-hybridized carbons (Fsp3) is 0.571. The minimum Gasteiger partial charge on any atom is -0.411 e. The minimum atomic E-state index is 0.143. The van der Waals surface area contributed by atoms with Gasteiger partial charge in [-0.25, -0.2) is 4.98 Å². The molecular weight excluding hydrogens is 226 g/mol. The van der Waals surface area contributed by atoms with Crippen molar-refractivity contribution >= 4 is 11.5 Å². The highest BCUT2D eigenvalue weighted by molar-refractivity contribution is 5.85. The predicted octanol–water partition coefficient (Wildman–Crippen LogP) is 2.81. The third kappa shape index (κ3) is 2.81. The lowest BCUT2D eigenvalue weighted by Gasteiger charge is -2.28. The Kier molecular flexibility index (Phi) is 3.55. The molecule has 1 fully saturated rings. The highest BCUT2D eigenvalue weighted by Gasteiger charge is 2.18. The van der Waals surface area contributed by atoms with Crippen molar-refractivity contribution in [2.24, 2.45) is 5.16 Å². The number of hydrogen-bond donors (Lipinski definition) is 1. The van der Waals surface area contributed by atoms with Gasteiger partial charge in [0.25, 0.3) is 0 Å². The molecule has 2 rings (SSSR count). The van der Waals surface area contributed by atoms with Crippen LogP contribution in [0.1, 0.15) is 39.2 Å². The molecule has 1 aliphatic rings. The molecule has 0 radical (unpaired) electrons. The first-order valence-corrected chi connectivity index (χ1v) is 6.42. The normalized spacial score (nSPS) is 16.8. The maximum atomic E-state index is 8.73. The van der Waals surface area contributed by atoms with Crippen LogP contribution in [0, 0.1) is 0 Å². The van der Waals surface area contributed by atoms with Crippen molar-refractivity contribution in [3.63, 3.8) is 0 Å². The van der Waals surface area contributed by atoms with Crippen LogP contribution in [0.5, 0.6) is 0 Å². The van der Waals surface area contributed by atoms with Crippen LogP contribution >= 0.6 is 0 Å². The van der Waals surface area contributed by atoms with Gasteiger partial charge in [-0.2, -0.15) is 0 Å². The van der Waals surface area contributed by atoms with E-state index in [1.165, 1.54) is 5.56 Å². The number of nitrogens with zero attached hydrogens (tertiary/aromatic N) is 3. The molecule has 2 heterocycles. The second kappa shape index (κ2) is 4.96. The minimum absolute atomic E-state index is 0.143. The molecule has 0 aromatic carbocycles. The zero-order valence-electron chi connectivity index (χ0n) is 11.3. The van der Waals surface area contributed by atoms with Crippen molar-refractivity contribution in [1.82, 2.24) is 4.98 Å². The summed E-state index contributed by atoms with van der Waals surface area (Å²) in [5.74, 6) is 1.01. The predicted molar refractivity (Wildman–Crippen MR) is 73.6 cm³/mol. The summed E-state index contributed by atoms with van der Waals surface area (Å²) in [5, 5.41) is 12.0. The van der Waals surface area contributed by atoms with E-state index in [1.807, 2.05) is 6.20 Å².